The highest BCUT2D eigenvalue weighted by molar-refractivity contribution is 6.34. The first-order valence-corrected chi connectivity index (χ1v) is 6.75. The first kappa shape index (κ1) is 14.2. The molecule has 0 fully saturated rings. The fraction of sp³-hybridized carbons (Fsp3) is 0.200. The molecule has 0 aliphatic heterocycles. The van der Waals surface area contributed by atoms with Crippen LogP contribution in [0.3, 0.4) is 0 Å². The molecular formula is C15H15Cl2NO. The van der Waals surface area contributed by atoms with Gasteiger partial charge in [-0.15, -0.1) is 0 Å². The molecule has 0 amide bonds. The van der Waals surface area contributed by atoms with Crippen LogP contribution < -0.4 is 10.1 Å². The SMILES string of the molecule is CNCc1ccc(COc2cc(Cl)ccc2Cl)cc1. The summed E-state index contributed by atoms with van der Waals surface area (Å²) in [7, 11) is 1.93. The molecule has 0 saturated heterocycles. The summed E-state index contributed by atoms with van der Waals surface area (Å²) in [5.41, 5.74) is 2.34. The van der Waals surface area contributed by atoms with Crippen molar-refractivity contribution < 1.29 is 4.74 Å². The number of ether oxygens (including phenoxy) is 1. The molecule has 2 aromatic carbocycles. The Hall–Kier alpha value is -1.22. The van der Waals surface area contributed by atoms with Crippen molar-refractivity contribution in [1.82, 2.24) is 5.32 Å². The lowest BCUT2D eigenvalue weighted by Gasteiger charge is -2.09. The van der Waals surface area contributed by atoms with Gasteiger partial charge in [-0.2, -0.15) is 0 Å². The van der Waals surface area contributed by atoms with Gasteiger partial charge in [-0.3, -0.25) is 0 Å². The third-order valence-electron chi connectivity index (χ3n) is 2.69. The average molecular weight is 296 g/mol. The zero-order valence-corrected chi connectivity index (χ0v) is 12.1. The van der Waals surface area contributed by atoms with E-state index >= 15 is 0 Å². The van der Waals surface area contributed by atoms with Crippen molar-refractivity contribution in [2.24, 2.45) is 0 Å². The second kappa shape index (κ2) is 6.80. The molecule has 0 saturated carbocycles. The zero-order chi connectivity index (χ0) is 13.7. The highest BCUT2D eigenvalue weighted by Crippen LogP contribution is 2.28. The van der Waals surface area contributed by atoms with Gasteiger partial charge in [0.25, 0.3) is 0 Å². The van der Waals surface area contributed by atoms with Gasteiger partial charge in [-0.25, -0.2) is 0 Å². The van der Waals surface area contributed by atoms with E-state index in [0.717, 1.165) is 12.1 Å². The van der Waals surface area contributed by atoms with Crippen LogP contribution in [0.25, 0.3) is 0 Å². The molecule has 0 spiro atoms. The lowest BCUT2D eigenvalue weighted by atomic mass is 10.1. The van der Waals surface area contributed by atoms with Crippen LogP contribution in [0.1, 0.15) is 11.1 Å². The fourth-order valence-corrected chi connectivity index (χ4v) is 2.04. The Morgan fingerprint density at radius 3 is 2.37 bits per heavy atom. The van der Waals surface area contributed by atoms with Crippen molar-refractivity contribution in [3.8, 4) is 5.75 Å². The number of benzene rings is 2. The molecule has 4 heteroatoms. The summed E-state index contributed by atoms with van der Waals surface area (Å²) in [4.78, 5) is 0. The van der Waals surface area contributed by atoms with Gasteiger partial charge in [0.2, 0.25) is 0 Å². The molecule has 2 nitrogen and oxygen atoms in total. The Morgan fingerprint density at radius 1 is 1.00 bits per heavy atom. The summed E-state index contributed by atoms with van der Waals surface area (Å²) < 4.78 is 5.67. The molecule has 19 heavy (non-hydrogen) atoms. The van der Waals surface area contributed by atoms with Gasteiger partial charge >= 0.3 is 0 Å². The van der Waals surface area contributed by atoms with Crippen LogP contribution in [0.2, 0.25) is 10.0 Å². The number of hydrogen-bond donors (Lipinski definition) is 1. The Labute approximate surface area is 123 Å². The topological polar surface area (TPSA) is 21.3 Å². The molecule has 2 aromatic rings. The quantitative estimate of drug-likeness (QED) is 0.888. The summed E-state index contributed by atoms with van der Waals surface area (Å²) in [6, 6.07) is 13.4. The summed E-state index contributed by atoms with van der Waals surface area (Å²) >= 11 is 11.9. The van der Waals surface area contributed by atoms with Gasteiger partial charge in [0.05, 0.1) is 5.02 Å². The van der Waals surface area contributed by atoms with E-state index in [9.17, 15) is 0 Å². The molecule has 2 rings (SSSR count). The largest absolute Gasteiger partial charge is 0.487 e. The van der Waals surface area contributed by atoms with E-state index in [1.165, 1.54) is 5.56 Å². The molecule has 100 valence electrons. The van der Waals surface area contributed by atoms with Gasteiger partial charge < -0.3 is 10.1 Å². The van der Waals surface area contributed by atoms with Crippen LogP contribution >= 0.6 is 23.2 Å². The van der Waals surface area contributed by atoms with Crippen LogP contribution in [0.5, 0.6) is 5.75 Å². The van der Waals surface area contributed by atoms with E-state index in [0.29, 0.717) is 22.4 Å². The van der Waals surface area contributed by atoms with Crippen LogP contribution in [0.15, 0.2) is 42.5 Å². The summed E-state index contributed by atoms with van der Waals surface area (Å²) in [5, 5.41) is 4.29. The highest BCUT2D eigenvalue weighted by atomic mass is 35.5. The smallest absolute Gasteiger partial charge is 0.139 e. The van der Waals surface area contributed by atoms with Gasteiger partial charge in [-0.05, 0) is 30.3 Å². The normalized spacial score (nSPS) is 10.5. The van der Waals surface area contributed by atoms with E-state index in [4.69, 9.17) is 27.9 Å². The number of hydrogen-bond acceptors (Lipinski definition) is 2. The molecule has 0 heterocycles. The van der Waals surface area contributed by atoms with Crippen molar-refractivity contribution in [2.45, 2.75) is 13.2 Å². The predicted octanol–water partition coefficient (Wildman–Crippen LogP) is 4.29. The maximum absolute atomic E-state index is 6.04. The average Bonchev–Trinajstić information content (AvgIpc) is 2.42. The van der Waals surface area contributed by atoms with Gasteiger partial charge in [0.15, 0.2) is 0 Å². The first-order valence-electron chi connectivity index (χ1n) is 5.99. The number of rotatable bonds is 5. The van der Waals surface area contributed by atoms with Gasteiger partial charge in [-0.1, -0.05) is 47.5 Å². The lowest BCUT2D eigenvalue weighted by Crippen LogP contribution is -2.05. The van der Waals surface area contributed by atoms with Crippen LogP contribution in [-0.4, -0.2) is 7.05 Å². The van der Waals surface area contributed by atoms with Gasteiger partial charge in [0, 0.05) is 17.6 Å². The Bertz CT molecular complexity index is 540. The Kier molecular flexibility index (Phi) is 5.08. The molecule has 0 atom stereocenters. The maximum Gasteiger partial charge on any atom is 0.139 e. The highest BCUT2D eigenvalue weighted by Gasteiger charge is 2.03. The molecule has 0 aliphatic carbocycles. The monoisotopic (exact) mass is 295 g/mol. The molecular weight excluding hydrogens is 281 g/mol. The van der Waals surface area contributed by atoms with Crippen molar-refractivity contribution in [3.63, 3.8) is 0 Å². The molecule has 0 radical (unpaired) electrons. The zero-order valence-electron chi connectivity index (χ0n) is 10.6. The number of halogens is 2. The molecule has 0 unspecified atom stereocenters. The van der Waals surface area contributed by atoms with E-state index in [2.05, 4.69) is 17.4 Å². The second-order valence-electron chi connectivity index (χ2n) is 4.21. The van der Waals surface area contributed by atoms with E-state index in [1.54, 1.807) is 18.2 Å². The van der Waals surface area contributed by atoms with Crippen molar-refractivity contribution in [3.05, 3.63) is 63.6 Å². The third kappa shape index (κ3) is 4.13. The van der Waals surface area contributed by atoms with E-state index in [-0.39, 0.29) is 0 Å². The summed E-state index contributed by atoms with van der Waals surface area (Å²) in [6.45, 7) is 1.33. The van der Waals surface area contributed by atoms with Crippen molar-refractivity contribution >= 4 is 23.2 Å². The summed E-state index contributed by atoms with van der Waals surface area (Å²) in [5.74, 6) is 0.605. The van der Waals surface area contributed by atoms with Crippen LogP contribution in [0, 0.1) is 0 Å². The van der Waals surface area contributed by atoms with E-state index in [1.807, 2.05) is 19.2 Å². The standard InChI is InChI=1S/C15H15Cl2NO/c1-18-9-11-2-4-12(5-3-11)10-19-15-8-13(16)6-7-14(15)17/h2-8,18H,9-10H2,1H3. The van der Waals surface area contributed by atoms with E-state index < -0.39 is 0 Å². The molecule has 1 N–H and O–H groups in total. The number of nitrogens with one attached hydrogen (secondary N) is 1. The first-order chi connectivity index (χ1) is 9.19. The minimum absolute atomic E-state index is 0.472. The summed E-state index contributed by atoms with van der Waals surface area (Å²) in [6.07, 6.45) is 0. The molecule has 0 aliphatic rings. The lowest BCUT2D eigenvalue weighted by molar-refractivity contribution is 0.306. The second-order valence-corrected chi connectivity index (χ2v) is 5.05. The minimum Gasteiger partial charge on any atom is -0.487 e. The minimum atomic E-state index is 0.472. The molecule has 0 bridgehead atoms. The predicted molar refractivity (Wildman–Crippen MR) is 80.0 cm³/mol. The Morgan fingerprint density at radius 2 is 1.68 bits per heavy atom. The van der Waals surface area contributed by atoms with Gasteiger partial charge in [0.1, 0.15) is 12.4 Å². The fourth-order valence-electron chi connectivity index (χ4n) is 1.71. The van der Waals surface area contributed by atoms with Crippen LogP contribution in [0.4, 0.5) is 0 Å². The van der Waals surface area contributed by atoms with Crippen molar-refractivity contribution in [1.29, 1.82) is 0 Å². The Balaban J connectivity index is 2.00. The van der Waals surface area contributed by atoms with Crippen LogP contribution in [-0.2, 0) is 13.2 Å². The third-order valence-corrected chi connectivity index (χ3v) is 3.24. The maximum atomic E-state index is 6.04. The van der Waals surface area contributed by atoms with Crippen molar-refractivity contribution in [2.75, 3.05) is 7.05 Å². The molecule has 0 aromatic heterocycles.